The lowest BCUT2D eigenvalue weighted by Crippen LogP contribution is -2.37. The number of nitrogens with one attached hydrogen (secondary N) is 2. The second kappa shape index (κ2) is 8.70. The van der Waals surface area contributed by atoms with E-state index in [2.05, 4.69) is 30.7 Å². The van der Waals surface area contributed by atoms with Crippen LogP contribution in [0.4, 0.5) is 0 Å². The largest absolute Gasteiger partial charge is 0.465 e. The molecule has 1 aromatic rings. The molecule has 9 heteroatoms. The van der Waals surface area contributed by atoms with Crippen molar-refractivity contribution in [3.8, 4) is 0 Å². The molecule has 0 aliphatic heterocycles. The third-order valence-electron chi connectivity index (χ3n) is 2.71. The first-order valence-electron chi connectivity index (χ1n) is 5.86. The normalized spacial score (nSPS) is 12.4. The van der Waals surface area contributed by atoms with Crippen molar-refractivity contribution < 1.29 is 17.9 Å². The molecule has 0 saturated carbocycles. The van der Waals surface area contributed by atoms with Gasteiger partial charge in [-0.1, -0.05) is 0 Å². The van der Waals surface area contributed by atoms with Crippen molar-refractivity contribution in [1.82, 2.24) is 10.0 Å². The topological polar surface area (TPSA) is 84.5 Å². The van der Waals surface area contributed by atoms with Crippen LogP contribution in [-0.4, -0.2) is 41.1 Å². The van der Waals surface area contributed by atoms with Gasteiger partial charge in [-0.3, -0.25) is 0 Å². The minimum atomic E-state index is -3.63. The first kappa shape index (κ1) is 20.3. The van der Waals surface area contributed by atoms with Gasteiger partial charge >= 0.3 is 5.97 Å². The molecule has 21 heavy (non-hydrogen) atoms. The molecule has 0 aliphatic rings. The van der Waals surface area contributed by atoms with Crippen LogP contribution in [0.1, 0.15) is 17.3 Å². The first-order chi connectivity index (χ1) is 9.31. The summed E-state index contributed by atoms with van der Waals surface area (Å²) in [7, 11) is -0.619. The van der Waals surface area contributed by atoms with Crippen molar-refractivity contribution in [2.24, 2.45) is 0 Å². The predicted molar refractivity (Wildman–Crippen MR) is 86.4 cm³/mol. The Kier molecular flexibility index (Phi) is 8.42. The van der Waals surface area contributed by atoms with Crippen molar-refractivity contribution in [2.45, 2.75) is 17.9 Å². The molecule has 0 radical (unpaired) electrons. The highest BCUT2D eigenvalue weighted by Crippen LogP contribution is 2.23. The fraction of sp³-hybridized carbons (Fsp3) is 0.417. The maximum absolute atomic E-state index is 12.1. The van der Waals surface area contributed by atoms with E-state index in [0.29, 0.717) is 4.47 Å². The van der Waals surface area contributed by atoms with Gasteiger partial charge in [0, 0.05) is 17.1 Å². The maximum atomic E-state index is 12.1. The van der Waals surface area contributed by atoms with Crippen LogP contribution in [0, 0.1) is 0 Å². The van der Waals surface area contributed by atoms with E-state index in [1.807, 2.05) is 6.92 Å². The van der Waals surface area contributed by atoms with Crippen molar-refractivity contribution in [2.75, 3.05) is 20.7 Å². The van der Waals surface area contributed by atoms with Gasteiger partial charge in [0.2, 0.25) is 10.0 Å². The van der Waals surface area contributed by atoms with Gasteiger partial charge in [-0.15, -0.1) is 12.4 Å². The van der Waals surface area contributed by atoms with E-state index < -0.39 is 16.0 Å². The molecule has 0 saturated heterocycles. The highest BCUT2D eigenvalue weighted by Gasteiger charge is 2.19. The fourth-order valence-corrected chi connectivity index (χ4v) is 3.58. The smallest absolute Gasteiger partial charge is 0.337 e. The van der Waals surface area contributed by atoms with E-state index in [4.69, 9.17) is 0 Å². The Morgan fingerprint density at radius 1 is 1.43 bits per heavy atom. The van der Waals surface area contributed by atoms with Gasteiger partial charge in [-0.05, 0) is 48.1 Å². The van der Waals surface area contributed by atoms with E-state index in [0.717, 1.165) is 0 Å². The van der Waals surface area contributed by atoms with Crippen LogP contribution >= 0.6 is 28.3 Å². The molecule has 0 fully saturated rings. The van der Waals surface area contributed by atoms with Crippen LogP contribution in [-0.2, 0) is 14.8 Å². The highest BCUT2D eigenvalue weighted by molar-refractivity contribution is 9.10. The second-order valence-corrected chi connectivity index (χ2v) is 6.77. The molecule has 1 aromatic carbocycles. The van der Waals surface area contributed by atoms with Gasteiger partial charge < -0.3 is 10.1 Å². The molecule has 0 aliphatic carbocycles. The Labute approximate surface area is 139 Å². The minimum absolute atomic E-state index is 0. The number of esters is 1. The SMILES string of the molecule is CNC(C)CNS(=O)(=O)c1ccc(C(=O)OC)cc1Br.Cl. The summed E-state index contributed by atoms with van der Waals surface area (Å²) in [4.78, 5) is 11.4. The number of halogens is 2. The number of ether oxygens (including phenoxy) is 1. The van der Waals surface area contributed by atoms with Crippen molar-refractivity contribution >= 4 is 44.3 Å². The lowest BCUT2D eigenvalue weighted by atomic mass is 10.2. The standard InChI is InChI=1S/C12H17BrN2O4S.ClH/c1-8(14-2)7-15-20(17,18)11-5-4-9(6-10(11)13)12(16)19-3;/h4-6,8,14-15H,7H2,1-3H3;1H. The van der Waals surface area contributed by atoms with Crippen LogP contribution in [0.15, 0.2) is 27.6 Å². The molecule has 0 spiro atoms. The second-order valence-electron chi connectivity index (χ2n) is 4.18. The molecule has 1 atom stereocenters. The van der Waals surface area contributed by atoms with E-state index >= 15 is 0 Å². The molecule has 0 aromatic heterocycles. The average molecular weight is 402 g/mol. The van der Waals surface area contributed by atoms with Gasteiger partial charge in [0.1, 0.15) is 0 Å². The Hall–Kier alpha value is -0.670. The minimum Gasteiger partial charge on any atom is -0.465 e. The number of likely N-dealkylation sites (N-methyl/N-ethyl adjacent to an activating group) is 1. The molecule has 6 nitrogen and oxygen atoms in total. The molecule has 1 rings (SSSR count). The summed E-state index contributed by atoms with van der Waals surface area (Å²) >= 11 is 3.16. The van der Waals surface area contributed by atoms with E-state index in [9.17, 15) is 13.2 Å². The zero-order valence-electron chi connectivity index (χ0n) is 11.8. The summed E-state index contributed by atoms with van der Waals surface area (Å²) in [6, 6.07) is 4.20. The predicted octanol–water partition coefficient (Wildman–Crippen LogP) is 1.54. The Balaban J connectivity index is 0.00000400. The summed E-state index contributed by atoms with van der Waals surface area (Å²) in [6.45, 7) is 2.13. The number of hydrogen-bond acceptors (Lipinski definition) is 5. The molecule has 120 valence electrons. The summed E-state index contributed by atoms with van der Waals surface area (Å²) in [5, 5.41) is 2.94. The van der Waals surface area contributed by atoms with Crippen LogP contribution in [0.25, 0.3) is 0 Å². The number of methoxy groups -OCH3 is 1. The summed E-state index contributed by atoms with van der Waals surface area (Å²) < 4.78 is 31.7. The van der Waals surface area contributed by atoms with Gasteiger partial charge in [0.05, 0.1) is 17.6 Å². The molecule has 2 N–H and O–H groups in total. The highest BCUT2D eigenvalue weighted by atomic mass is 79.9. The number of sulfonamides is 1. The first-order valence-corrected chi connectivity index (χ1v) is 8.14. The van der Waals surface area contributed by atoms with Gasteiger partial charge in [0.15, 0.2) is 0 Å². The summed E-state index contributed by atoms with van der Waals surface area (Å²) in [5.41, 5.74) is 0.280. The van der Waals surface area contributed by atoms with Crippen LogP contribution < -0.4 is 10.0 Å². The van der Waals surface area contributed by atoms with Gasteiger partial charge in [-0.2, -0.15) is 0 Å². The Bertz CT molecular complexity index is 595. The van der Waals surface area contributed by atoms with Crippen molar-refractivity contribution in [3.63, 3.8) is 0 Å². The average Bonchev–Trinajstić information content (AvgIpc) is 2.43. The summed E-state index contributed by atoms with van der Waals surface area (Å²) in [5.74, 6) is -0.522. The van der Waals surface area contributed by atoms with Crippen LogP contribution in [0.3, 0.4) is 0 Å². The molecule has 0 amide bonds. The molecular weight excluding hydrogens is 384 g/mol. The van der Waals surface area contributed by atoms with Crippen LogP contribution in [0.2, 0.25) is 0 Å². The van der Waals surface area contributed by atoms with E-state index in [1.54, 1.807) is 7.05 Å². The van der Waals surface area contributed by atoms with E-state index in [1.165, 1.54) is 25.3 Å². The lowest BCUT2D eigenvalue weighted by molar-refractivity contribution is 0.0600. The molecule has 0 bridgehead atoms. The van der Waals surface area contributed by atoms with Crippen molar-refractivity contribution in [1.29, 1.82) is 0 Å². The number of rotatable bonds is 6. The van der Waals surface area contributed by atoms with Crippen LogP contribution in [0.5, 0.6) is 0 Å². The number of carbonyl (C=O) groups is 1. The van der Waals surface area contributed by atoms with Crippen molar-refractivity contribution in [3.05, 3.63) is 28.2 Å². The third-order valence-corrected chi connectivity index (χ3v) is 5.12. The zero-order valence-corrected chi connectivity index (χ0v) is 15.1. The Morgan fingerprint density at radius 2 is 2.05 bits per heavy atom. The number of carbonyl (C=O) groups excluding carboxylic acids is 1. The maximum Gasteiger partial charge on any atom is 0.337 e. The molecule has 1 unspecified atom stereocenters. The quantitative estimate of drug-likeness (QED) is 0.707. The fourth-order valence-electron chi connectivity index (χ4n) is 1.38. The number of hydrogen-bond donors (Lipinski definition) is 2. The molecule has 0 heterocycles. The monoisotopic (exact) mass is 400 g/mol. The third kappa shape index (κ3) is 5.55. The zero-order chi connectivity index (χ0) is 15.3. The Morgan fingerprint density at radius 3 is 2.52 bits per heavy atom. The van der Waals surface area contributed by atoms with Gasteiger partial charge in [0.25, 0.3) is 0 Å². The lowest BCUT2D eigenvalue weighted by Gasteiger charge is -2.13. The number of benzene rings is 1. The van der Waals surface area contributed by atoms with Gasteiger partial charge in [-0.25, -0.2) is 17.9 Å². The molecular formula is C12H18BrClN2O4S. The van der Waals surface area contributed by atoms with E-state index in [-0.39, 0.29) is 35.5 Å². The summed E-state index contributed by atoms with van der Waals surface area (Å²) in [6.07, 6.45) is 0.